The zero-order chi connectivity index (χ0) is 14.8. The molecule has 8 heteroatoms. The number of ether oxygens (including phenoxy) is 1. The lowest BCUT2D eigenvalue weighted by Crippen LogP contribution is -2.30. The molecule has 1 aromatic rings. The van der Waals surface area contributed by atoms with Gasteiger partial charge in [-0.3, -0.25) is 4.79 Å². The Kier molecular flexibility index (Phi) is 4.56. The maximum Gasteiger partial charge on any atom is 0.471 e. The van der Waals surface area contributed by atoms with Gasteiger partial charge in [0.2, 0.25) is 0 Å². The number of anilines is 1. The van der Waals surface area contributed by atoms with E-state index in [0.717, 1.165) is 0 Å². The van der Waals surface area contributed by atoms with Gasteiger partial charge in [0.1, 0.15) is 0 Å². The van der Waals surface area contributed by atoms with Gasteiger partial charge in [0.15, 0.2) is 0 Å². The van der Waals surface area contributed by atoms with Crippen LogP contribution < -0.4 is 5.32 Å². The van der Waals surface area contributed by atoms with E-state index in [1.54, 1.807) is 5.32 Å². The number of hydrogen-bond acceptors (Lipinski definition) is 3. The molecule has 0 atom stereocenters. The molecule has 104 valence electrons. The van der Waals surface area contributed by atoms with Crippen LogP contribution in [0.5, 0.6) is 0 Å². The fourth-order valence-electron chi connectivity index (χ4n) is 1.32. The molecule has 1 amide bonds. The van der Waals surface area contributed by atoms with Crippen LogP contribution in [0.2, 0.25) is 0 Å². The number of methoxy groups -OCH3 is 1. The van der Waals surface area contributed by atoms with Crippen LogP contribution in [0.1, 0.15) is 15.9 Å². The van der Waals surface area contributed by atoms with E-state index in [1.807, 2.05) is 0 Å². The first kappa shape index (κ1) is 15.5. The summed E-state index contributed by atoms with van der Waals surface area (Å²) in [6, 6.07) is 2.59. The first-order valence-electron chi connectivity index (χ1n) is 4.93. The van der Waals surface area contributed by atoms with E-state index in [2.05, 4.69) is 20.7 Å². The number of esters is 1. The fourth-order valence-corrected chi connectivity index (χ4v) is 1.98. The molecule has 4 nitrogen and oxygen atoms in total. The average molecular weight is 340 g/mol. The van der Waals surface area contributed by atoms with Gasteiger partial charge in [-0.1, -0.05) is 0 Å². The zero-order valence-electron chi connectivity index (χ0n) is 9.89. The third-order valence-electron chi connectivity index (χ3n) is 2.20. The Labute approximate surface area is 115 Å². The number of benzene rings is 1. The Hall–Kier alpha value is -1.57. The van der Waals surface area contributed by atoms with Gasteiger partial charge in [-0.2, -0.15) is 13.2 Å². The quantitative estimate of drug-likeness (QED) is 0.842. The van der Waals surface area contributed by atoms with Crippen LogP contribution in [0.15, 0.2) is 16.6 Å². The molecule has 1 N–H and O–H groups in total. The number of hydrogen-bond donors (Lipinski definition) is 1. The van der Waals surface area contributed by atoms with Crippen LogP contribution in [0.3, 0.4) is 0 Å². The van der Waals surface area contributed by atoms with E-state index >= 15 is 0 Å². The molecular weight excluding hydrogens is 331 g/mol. The Morgan fingerprint density at radius 3 is 2.32 bits per heavy atom. The normalized spacial score (nSPS) is 11.1. The summed E-state index contributed by atoms with van der Waals surface area (Å²) in [5.74, 6) is -2.71. The maximum atomic E-state index is 12.2. The van der Waals surface area contributed by atoms with Gasteiger partial charge in [0.05, 0.1) is 18.4 Å². The predicted octanol–water partition coefficient (Wildman–Crippen LogP) is 3.04. The number of halogens is 4. The molecule has 0 aromatic heterocycles. The molecule has 0 aliphatic heterocycles. The highest BCUT2D eigenvalue weighted by atomic mass is 79.9. The molecule has 0 aliphatic rings. The molecular formula is C11H9BrF3NO3. The van der Waals surface area contributed by atoms with Crippen molar-refractivity contribution in [3.8, 4) is 0 Å². The highest BCUT2D eigenvalue weighted by Gasteiger charge is 2.39. The average Bonchev–Trinajstić information content (AvgIpc) is 2.30. The lowest BCUT2D eigenvalue weighted by molar-refractivity contribution is -0.167. The molecule has 0 saturated heterocycles. The number of aryl methyl sites for hydroxylation is 1. The van der Waals surface area contributed by atoms with Crippen molar-refractivity contribution in [1.82, 2.24) is 0 Å². The minimum absolute atomic E-state index is 0.0463. The standard InChI is InChI=1S/C11H9BrF3NO3/c1-5-3-6(9(17)19-2)4-7(12)8(5)16-10(18)11(13,14)15/h3-4H,1-2H3,(H,16,18). The predicted molar refractivity (Wildman–Crippen MR) is 64.9 cm³/mol. The summed E-state index contributed by atoms with van der Waals surface area (Å²) in [4.78, 5) is 22.2. The van der Waals surface area contributed by atoms with Gasteiger partial charge in [-0.25, -0.2) is 4.79 Å². The van der Waals surface area contributed by atoms with Gasteiger partial charge in [0.25, 0.3) is 0 Å². The smallest absolute Gasteiger partial charge is 0.465 e. The van der Waals surface area contributed by atoms with Crippen molar-refractivity contribution in [1.29, 1.82) is 0 Å². The molecule has 1 aromatic carbocycles. The number of carbonyl (C=O) groups is 2. The summed E-state index contributed by atoms with van der Waals surface area (Å²) in [5.41, 5.74) is 0.416. The molecule has 1 rings (SSSR count). The number of nitrogens with one attached hydrogen (secondary N) is 1. The monoisotopic (exact) mass is 339 g/mol. The summed E-state index contributed by atoms with van der Waals surface area (Å²) in [7, 11) is 1.19. The number of alkyl halides is 3. The SMILES string of the molecule is COC(=O)c1cc(C)c(NC(=O)C(F)(F)F)c(Br)c1. The third kappa shape index (κ3) is 3.69. The summed E-state index contributed by atoms with van der Waals surface area (Å²) in [5, 5.41) is 1.74. The van der Waals surface area contributed by atoms with Crippen molar-refractivity contribution < 1.29 is 27.5 Å². The van der Waals surface area contributed by atoms with E-state index in [9.17, 15) is 22.8 Å². The Balaban J connectivity index is 3.11. The summed E-state index contributed by atoms with van der Waals surface area (Å²) < 4.78 is 41.1. The highest BCUT2D eigenvalue weighted by molar-refractivity contribution is 9.10. The lowest BCUT2D eigenvalue weighted by atomic mass is 10.1. The van der Waals surface area contributed by atoms with Gasteiger partial charge >= 0.3 is 18.1 Å². The van der Waals surface area contributed by atoms with Crippen LogP contribution in [0.25, 0.3) is 0 Å². The maximum absolute atomic E-state index is 12.2. The first-order valence-corrected chi connectivity index (χ1v) is 5.72. The lowest BCUT2D eigenvalue weighted by Gasteiger charge is -2.13. The molecule has 0 aliphatic carbocycles. The Morgan fingerprint density at radius 1 is 1.32 bits per heavy atom. The summed E-state index contributed by atoms with van der Waals surface area (Å²) >= 11 is 3.00. The largest absolute Gasteiger partial charge is 0.471 e. The second-order valence-corrected chi connectivity index (χ2v) is 4.45. The molecule has 0 saturated carbocycles. The van der Waals surface area contributed by atoms with Crippen LogP contribution >= 0.6 is 15.9 Å². The number of rotatable bonds is 2. The van der Waals surface area contributed by atoms with Crippen molar-refractivity contribution in [2.45, 2.75) is 13.1 Å². The molecule has 0 unspecified atom stereocenters. The van der Waals surface area contributed by atoms with Crippen LogP contribution in [-0.2, 0) is 9.53 Å². The molecule has 19 heavy (non-hydrogen) atoms. The minimum atomic E-state index is -4.98. The second-order valence-electron chi connectivity index (χ2n) is 3.59. The molecule has 0 heterocycles. The summed E-state index contributed by atoms with van der Waals surface area (Å²) in [6.07, 6.45) is -4.98. The highest BCUT2D eigenvalue weighted by Crippen LogP contribution is 2.30. The van der Waals surface area contributed by atoms with Crippen LogP contribution in [-0.4, -0.2) is 25.2 Å². The minimum Gasteiger partial charge on any atom is -0.465 e. The molecule has 0 fully saturated rings. The van der Waals surface area contributed by atoms with Crippen LogP contribution in [0.4, 0.5) is 18.9 Å². The molecule has 0 radical (unpaired) electrons. The zero-order valence-corrected chi connectivity index (χ0v) is 11.5. The van der Waals surface area contributed by atoms with Crippen molar-refractivity contribution in [2.75, 3.05) is 12.4 Å². The Morgan fingerprint density at radius 2 is 1.89 bits per heavy atom. The van der Waals surface area contributed by atoms with E-state index in [0.29, 0.717) is 5.56 Å². The van der Waals surface area contributed by atoms with Crippen LogP contribution in [0, 0.1) is 6.92 Å². The van der Waals surface area contributed by atoms with Crippen molar-refractivity contribution in [3.63, 3.8) is 0 Å². The molecule has 0 spiro atoms. The van der Waals surface area contributed by atoms with E-state index in [-0.39, 0.29) is 15.7 Å². The van der Waals surface area contributed by atoms with E-state index in [1.165, 1.54) is 26.2 Å². The Bertz CT molecular complexity index is 505. The van der Waals surface area contributed by atoms with Gasteiger partial charge in [0, 0.05) is 4.47 Å². The van der Waals surface area contributed by atoms with Crippen molar-refractivity contribution >= 4 is 33.5 Å². The summed E-state index contributed by atoms with van der Waals surface area (Å²) in [6.45, 7) is 1.46. The molecule has 0 bridgehead atoms. The first-order chi connectivity index (χ1) is 8.66. The van der Waals surface area contributed by atoms with Gasteiger partial charge in [-0.15, -0.1) is 0 Å². The van der Waals surface area contributed by atoms with Crippen molar-refractivity contribution in [3.05, 3.63) is 27.7 Å². The fraction of sp³-hybridized carbons (Fsp3) is 0.273. The third-order valence-corrected chi connectivity index (χ3v) is 2.83. The van der Waals surface area contributed by atoms with Gasteiger partial charge < -0.3 is 10.1 Å². The van der Waals surface area contributed by atoms with E-state index in [4.69, 9.17) is 0 Å². The topological polar surface area (TPSA) is 55.4 Å². The number of amides is 1. The number of carbonyl (C=O) groups excluding carboxylic acids is 2. The van der Waals surface area contributed by atoms with E-state index < -0.39 is 18.1 Å². The van der Waals surface area contributed by atoms with Crippen molar-refractivity contribution in [2.24, 2.45) is 0 Å². The second kappa shape index (κ2) is 5.60. The van der Waals surface area contributed by atoms with Gasteiger partial charge in [-0.05, 0) is 40.5 Å².